The molecule has 2 aromatic carbocycles. The van der Waals surface area contributed by atoms with Crippen molar-refractivity contribution in [2.24, 2.45) is 10.4 Å². The molecule has 2 aliphatic rings. The molecule has 0 atom stereocenters. The molecular formula is C25H28N2O2S. The van der Waals surface area contributed by atoms with Crippen LogP contribution in [0, 0.1) is 5.41 Å². The lowest BCUT2D eigenvalue weighted by molar-refractivity contribution is -0.113. The van der Waals surface area contributed by atoms with E-state index in [2.05, 4.69) is 48.9 Å². The third-order valence-electron chi connectivity index (χ3n) is 6.10. The summed E-state index contributed by atoms with van der Waals surface area (Å²) >= 11 is 1.54. The monoisotopic (exact) mass is 420 g/mol. The molecule has 4 nitrogen and oxygen atoms in total. The molecule has 0 spiro atoms. The molecule has 5 heteroatoms. The van der Waals surface area contributed by atoms with Crippen LogP contribution in [0.5, 0.6) is 5.75 Å². The van der Waals surface area contributed by atoms with Gasteiger partial charge in [0.15, 0.2) is 5.17 Å². The Labute approximate surface area is 182 Å². The summed E-state index contributed by atoms with van der Waals surface area (Å²) in [5, 5.41) is 10.5. The number of phenolic OH excluding ortho intramolecular Hbond substituents is 1. The van der Waals surface area contributed by atoms with Gasteiger partial charge in [0, 0.05) is 13.1 Å². The van der Waals surface area contributed by atoms with Gasteiger partial charge in [-0.3, -0.25) is 4.79 Å². The van der Waals surface area contributed by atoms with Gasteiger partial charge in [0.05, 0.1) is 4.91 Å². The lowest BCUT2D eigenvalue weighted by Crippen LogP contribution is -2.23. The van der Waals surface area contributed by atoms with Crippen molar-refractivity contribution in [2.75, 3.05) is 13.1 Å². The number of amidine groups is 1. The Kier molecular flexibility index (Phi) is 5.74. The van der Waals surface area contributed by atoms with Gasteiger partial charge in [-0.1, -0.05) is 51.1 Å². The number of thioether (sulfide) groups is 1. The van der Waals surface area contributed by atoms with Gasteiger partial charge in [-0.2, -0.15) is 4.99 Å². The Balaban J connectivity index is 1.78. The lowest BCUT2D eigenvalue weighted by Gasteiger charge is -2.29. The summed E-state index contributed by atoms with van der Waals surface area (Å²) in [5.41, 5.74) is 4.06. The molecule has 4 rings (SSSR count). The SMILES string of the molecule is CCC(C)(C)C(=C1SC(N2CCCC2)=NC1=O)c1cccc(-c2ccc(O)cc2)c1. The van der Waals surface area contributed by atoms with Crippen LogP contribution >= 0.6 is 11.8 Å². The normalized spacial score (nSPS) is 18.7. The van der Waals surface area contributed by atoms with Crippen molar-refractivity contribution in [3.8, 4) is 16.9 Å². The van der Waals surface area contributed by atoms with E-state index in [0.29, 0.717) is 0 Å². The number of nitrogens with zero attached hydrogens (tertiary/aromatic N) is 2. The molecule has 0 aromatic heterocycles. The molecule has 2 heterocycles. The zero-order valence-corrected chi connectivity index (χ0v) is 18.6. The first-order chi connectivity index (χ1) is 14.4. The highest BCUT2D eigenvalue weighted by atomic mass is 32.2. The number of hydrogen-bond acceptors (Lipinski definition) is 4. The van der Waals surface area contributed by atoms with Crippen molar-refractivity contribution in [3.05, 3.63) is 59.0 Å². The minimum atomic E-state index is -0.165. The second-order valence-electron chi connectivity index (χ2n) is 8.56. The number of carbonyl (C=O) groups is 1. The van der Waals surface area contributed by atoms with E-state index in [1.807, 2.05) is 18.2 Å². The van der Waals surface area contributed by atoms with Gasteiger partial charge in [0.1, 0.15) is 5.75 Å². The highest BCUT2D eigenvalue weighted by Gasteiger charge is 2.35. The van der Waals surface area contributed by atoms with E-state index in [1.165, 1.54) is 11.8 Å². The third-order valence-corrected chi connectivity index (χ3v) is 7.22. The van der Waals surface area contributed by atoms with E-state index in [9.17, 15) is 9.90 Å². The largest absolute Gasteiger partial charge is 0.508 e. The van der Waals surface area contributed by atoms with Crippen LogP contribution < -0.4 is 0 Å². The Morgan fingerprint density at radius 3 is 2.47 bits per heavy atom. The standard InChI is InChI=1S/C25H28N2O2S/c1-4-25(2,3)21(22-23(29)26-24(30-22)27-14-5-6-15-27)19-9-7-8-18(16-19)17-10-12-20(28)13-11-17/h7-13,16,28H,4-6,14-15H2,1-3H3. The maximum absolute atomic E-state index is 13.0. The van der Waals surface area contributed by atoms with Crippen molar-refractivity contribution >= 4 is 28.4 Å². The predicted molar refractivity (Wildman–Crippen MR) is 125 cm³/mol. The second-order valence-corrected chi connectivity index (χ2v) is 9.54. The van der Waals surface area contributed by atoms with Crippen molar-refractivity contribution < 1.29 is 9.90 Å². The zero-order valence-electron chi connectivity index (χ0n) is 17.8. The Morgan fingerprint density at radius 1 is 1.10 bits per heavy atom. The first-order valence-corrected chi connectivity index (χ1v) is 11.4. The van der Waals surface area contributed by atoms with Gasteiger partial charge >= 0.3 is 0 Å². The molecule has 156 valence electrons. The molecule has 0 aliphatic carbocycles. The number of allylic oxidation sites excluding steroid dienone is 1. The van der Waals surface area contributed by atoms with Gasteiger partial charge < -0.3 is 10.0 Å². The summed E-state index contributed by atoms with van der Waals surface area (Å²) in [7, 11) is 0. The van der Waals surface area contributed by atoms with Crippen LogP contribution in [0.1, 0.15) is 45.6 Å². The molecule has 0 bridgehead atoms. The summed E-state index contributed by atoms with van der Waals surface area (Å²) in [6.45, 7) is 8.52. The number of aliphatic imine (C=N–C) groups is 1. The summed E-state index contributed by atoms with van der Waals surface area (Å²) in [6.07, 6.45) is 3.24. The van der Waals surface area contributed by atoms with E-state index in [0.717, 1.165) is 64.7 Å². The molecule has 1 saturated heterocycles. The van der Waals surface area contributed by atoms with Crippen LogP contribution in [-0.4, -0.2) is 34.2 Å². The van der Waals surface area contributed by atoms with E-state index < -0.39 is 0 Å². The molecule has 2 aliphatic heterocycles. The number of amides is 1. The first-order valence-electron chi connectivity index (χ1n) is 10.6. The van der Waals surface area contributed by atoms with Crippen molar-refractivity contribution in [1.29, 1.82) is 0 Å². The van der Waals surface area contributed by atoms with Gasteiger partial charge in [-0.05, 0) is 76.9 Å². The average Bonchev–Trinajstić information content (AvgIpc) is 3.39. The van der Waals surface area contributed by atoms with Crippen LogP contribution in [0.2, 0.25) is 0 Å². The van der Waals surface area contributed by atoms with E-state index in [-0.39, 0.29) is 17.1 Å². The molecule has 1 N–H and O–H groups in total. The van der Waals surface area contributed by atoms with E-state index >= 15 is 0 Å². The minimum Gasteiger partial charge on any atom is -0.508 e. The predicted octanol–water partition coefficient (Wildman–Crippen LogP) is 5.93. The smallest absolute Gasteiger partial charge is 0.286 e. The molecule has 0 saturated carbocycles. The van der Waals surface area contributed by atoms with Crippen molar-refractivity contribution in [2.45, 2.75) is 40.0 Å². The number of hydrogen-bond donors (Lipinski definition) is 1. The molecule has 2 aromatic rings. The van der Waals surface area contributed by atoms with E-state index in [4.69, 9.17) is 0 Å². The Hall–Kier alpha value is -2.53. The van der Waals surface area contributed by atoms with Crippen LogP contribution in [0.25, 0.3) is 16.7 Å². The number of phenols is 1. The van der Waals surface area contributed by atoms with Crippen LogP contribution in [0.15, 0.2) is 58.4 Å². The molecule has 1 amide bonds. The number of carbonyl (C=O) groups excluding carboxylic acids is 1. The quantitative estimate of drug-likeness (QED) is 0.623. The average molecular weight is 421 g/mol. The fourth-order valence-electron chi connectivity index (χ4n) is 4.01. The van der Waals surface area contributed by atoms with Gasteiger partial charge in [-0.15, -0.1) is 0 Å². The fraction of sp³-hybridized carbons (Fsp3) is 0.360. The van der Waals surface area contributed by atoms with Crippen LogP contribution in [0.4, 0.5) is 0 Å². The second kappa shape index (κ2) is 8.31. The molecular weight excluding hydrogens is 392 g/mol. The highest BCUT2D eigenvalue weighted by Crippen LogP contribution is 2.46. The number of aromatic hydroxyl groups is 1. The maximum atomic E-state index is 13.0. The highest BCUT2D eigenvalue weighted by molar-refractivity contribution is 8.18. The number of benzene rings is 2. The molecule has 0 radical (unpaired) electrons. The fourth-order valence-corrected chi connectivity index (χ4v) is 5.26. The summed E-state index contributed by atoms with van der Waals surface area (Å²) < 4.78 is 0. The van der Waals surface area contributed by atoms with Crippen LogP contribution in [-0.2, 0) is 4.79 Å². The lowest BCUT2D eigenvalue weighted by atomic mass is 9.77. The Bertz CT molecular complexity index is 1020. The molecule has 0 unspecified atom stereocenters. The van der Waals surface area contributed by atoms with Crippen LogP contribution in [0.3, 0.4) is 0 Å². The summed E-state index contributed by atoms with van der Waals surface area (Å²) in [5.74, 6) is 0.137. The number of likely N-dealkylation sites (tertiary alicyclic amines) is 1. The summed E-state index contributed by atoms with van der Waals surface area (Å²) in [6, 6.07) is 15.6. The Morgan fingerprint density at radius 2 is 1.80 bits per heavy atom. The van der Waals surface area contributed by atoms with Gasteiger partial charge in [0.2, 0.25) is 0 Å². The van der Waals surface area contributed by atoms with Gasteiger partial charge in [0.25, 0.3) is 5.91 Å². The zero-order chi connectivity index (χ0) is 21.3. The first kappa shape index (κ1) is 20.7. The summed E-state index contributed by atoms with van der Waals surface area (Å²) in [4.78, 5) is 20.4. The maximum Gasteiger partial charge on any atom is 0.286 e. The number of rotatable bonds is 4. The van der Waals surface area contributed by atoms with E-state index in [1.54, 1.807) is 12.1 Å². The molecule has 30 heavy (non-hydrogen) atoms. The van der Waals surface area contributed by atoms with Crippen molar-refractivity contribution in [3.63, 3.8) is 0 Å². The third kappa shape index (κ3) is 4.04. The topological polar surface area (TPSA) is 52.9 Å². The molecule has 1 fully saturated rings. The van der Waals surface area contributed by atoms with Crippen molar-refractivity contribution in [1.82, 2.24) is 4.90 Å². The minimum absolute atomic E-state index is 0.117. The van der Waals surface area contributed by atoms with Gasteiger partial charge in [-0.25, -0.2) is 0 Å².